The van der Waals surface area contributed by atoms with Crippen LogP contribution in [0.4, 0.5) is 0 Å². The third-order valence-corrected chi connectivity index (χ3v) is 5.22. The molecule has 1 amide bonds. The zero-order valence-electron chi connectivity index (χ0n) is 12.1. The van der Waals surface area contributed by atoms with Crippen LogP contribution in [0.2, 0.25) is 0 Å². The standard InChI is InChI=1S/C16H22BrNO/c1-10-8-11(2)13(4)18(9-10)16(19)14-6-5-7-15(17)12(14)3/h5-7,10-11,13H,8-9H2,1-4H3. The van der Waals surface area contributed by atoms with Crippen molar-refractivity contribution in [1.29, 1.82) is 0 Å². The SMILES string of the molecule is Cc1c(Br)cccc1C(=O)N1CC(C)CC(C)C1C. The summed E-state index contributed by atoms with van der Waals surface area (Å²) >= 11 is 3.51. The molecule has 0 aromatic heterocycles. The third kappa shape index (κ3) is 2.86. The van der Waals surface area contributed by atoms with E-state index in [1.54, 1.807) is 0 Å². The molecule has 1 heterocycles. The third-order valence-electron chi connectivity index (χ3n) is 4.36. The summed E-state index contributed by atoms with van der Waals surface area (Å²) in [5, 5.41) is 0. The van der Waals surface area contributed by atoms with E-state index in [4.69, 9.17) is 0 Å². The number of rotatable bonds is 1. The smallest absolute Gasteiger partial charge is 0.254 e. The zero-order chi connectivity index (χ0) is 14.2. The van der Waals surface area contributed by atoms with E-state index in [9.17, 15) is 4.79 Å². The second-order valence-corrected chi connectivity index (χ2v) is 6.78. The topological polar surface area (TPSA) is 20.3 Å². The van der Waals surface area contributed by atoms with Crippen LogP contribution in [0, 0.1) is 18.8 Å². The monoisotopic (exact) mass is 323 g/mol. The lowest BCUT2D eigenvalue weighted by Gasteiger charge is -2.41. The van der Waals surface area contributed by atoms with Gasteiger partial charge in [-0.15, -0.1) is 0 Å². The molecule has 1 aliphatic heterocycles. The van der Waals surface area contributed by atoms with E-state index in [1.165, 1.54) is 6.42 Å². The summed E-state index contributed by atoms with van der Waals surface area (Å²) in [6, 6.07) is 6.17. The molecule has 1 aliphatic rings. The van der Waals surface area contributed by atoms with E-state index in [-0.39, 0.29) is 5.91 Å². The number of amides is 1. The predicted octanol–water partition coefficient (Wildman–Crippen LogP) is 4.26. The summed E-state index contributed by atoms with van der Waals surface area (Å²) in [6.45, 7) is 9.52. The average molecular weight is 324 g/mol. The van der Waals surface area contributed by atoms with Crippen molar-refractivity contribution in [3.8, 4) is 0 Å². The summed E-state index contributed by atoms with van der Waals surface area (Å²) < 4.78 is 1.00. The van der Waals surface area contributed by atoms with Crippen molar-refractivity contribution in [3.63, 3.8) is 0 Å². The Kier molecular flexibility index (Phi) is 4.34. The van der Waals surface area contributed by atoms with Crippen molar-refractivity contribution in [2.75, 3.05) is 6.54 Å². The fraction of sp³-hybridized carbons (Fsp3) is 0.562. The first kappa shape index (κ1) is 14.6. The highest BCUT2D eigenvalue weighted by atomic mass is 79.9. The van der Waals surface area contributed by atoms with E-state index in [1.807, 2.05) is 30.0 Å². The van der Waals surface area contributed by atoms with Crippen molar-refractivity contribution in [3.05, 3.63) is 33.8 Å². The van der Waals surface area contributed by atoms with Gasteiger partial charge < -0.3 is 4.90 Å². The van der Waals surface area contributed by atoms with E-state index in [0.29, 0.717) is 17.9 Å². The summed E-state index contributed by atoms with van der Waals surface area (Å²) in [4.78, 5) is 14.8. The van der Waals surface area contributed by atoms with E-state index in [0.717, 1.165) is 22.1 Å². The number of hydrogen-bond acceptors (Lipinski definition) is 1. The van der Waals surface area contributed by atoms with Crippen LogP contribution in [0.1, 0.15) is 43.1 Å². The molecule has 0 radical (unpaired) electrons. The molecule has 1 aromatic rings. The zero-order valence-corrected chi connectivity index (χ0v) is 13.7. The van der Waals surface area contributed by atoms with Crippen LogP contribution in [-0.2, 0) is 0 Å². The number of piperidine rings is 1. The van der Waals surface area contributed by atoms with Crippen molar-refractivity contribution in [2.24, 2.45) is 11.8 Å². The molecular formula is C16H22BrNO. The van der Waals surface area contributed by atoms with Crippen molar-refractivity contribution in [2.45, 2.75) is 40.2 Å². The number of benzene rings is 1. The molecule has 0 N–H and O–H groups in total. The minimum atomic E-state index is 0.171. The number of halogens is 1. The Labute approximate surface area is 124 Å². The maximum atomic E-state index is 12.8. The van der Waals surface area contributed by atoms with E-state index < -0.39 is 0 Å². The molecule has 19 heavy (non-hydrogen) atoms. The van der Waals surface area contributed by atoms with Gasteiger partial charge in [0.2, 0.25) is 0 Å². The number of likely N-dealkylation sites (tertiary alicyclic amines) is 1. The van der Waals surface area contributed by atoms with Crippen LogP contribution in [0.15, 0.2) is 22.7 Å². The van der Waals surface area contributed by atoms with Gasteiger partial charge in [-0.25, -0.2) is 0 Å². The van der Waals surface area contributed by atoms with Crippen molar-refractivity contribution in [1.82, 2.24) is 4.90 Å². The quantitative estimate of drug-likeness (QED) is 0.756. The molecule has 0 spiro atoms. The molecule has 3 atom stereocenters. The first-order valence-electron chi connectivity index (χ1n) is 6.98. The summed E-state index contributed by atoms with van der Waals surface area (Å²) in [6.07, 6.45) is 1.21. The molecule has 0 bridgehead atoms. The second kappa shape index (κ2) is 5.66. The molecule has 1 aromatic carbocycles. The highest BCUT2D eigenvalue weighted by molar-refractivity contribution is 9.10. The minimum Gasteiger partial charge on any atom is -0.335 e. The minimum absolute atomic E-state index is 0.171. The predicted molar refractivity (Wildman–Crippen MR) is 82.3 cm³/mol. The number of hydrogen-bond donors (Lipinski definition) is 0. The molecular weight excluding hydrogens is 302 g/mol. The molecule has 2 rings (SSSR count). The lowest BCUT2D eigenvalue weighted by atomic mass is 9.85. The molecule has 2 nitrogen and oxygen atoms in total. The first-order valence-corrected chi connectivity index (χ1v) is 7.77. The van der Waals surface area contributed by atoms with Gasteiger partial charge in [-0.05, 0) is 49.8 Å². The van der Waals surface area contributed by atoms with Crippen LogP contribution in [0.25, 0.3) is 0 Å². The molecule has 1 fully saturated rings. The van der Waals surface area contributed by atoms with E-state index >= 15 is 0 Å². The van der Waals surface area contributed by atoms with Gasteiger partial charge in [0.1, 0.15) is 0 Å². The average Bonchev–Trinajstić information content (AvgIpc) is 2.36. The molecule has 104 valence electrons. The summed E-state index contributed by atoms with van der Waals surface area (Å²) in [7, 11) is 0. The molecule has 0 saturated carbocycles. The number of carbonyl (C=O) groups is 1. The highest BCUT2D eigenvalue weighted by Gasteiger charge is 2.32. The van der Waals surface area contributed by atoms with Gasteiger partial charge >= 0.3 is 0 Å². The van der Waals surface area contributed by atoms with Gasteiger partial charge in [0.25, 0.3) is 5.91 Å². The maximum Gasteiger partial charge on any atom is 0.254 e. The Bertz CT molecular complexity index is 486. The molecule has 3 heteroatoms. The number of carbonyl (C=O) groups excluding carboxylic acids is 1. The van der Waals surface area contributed by atoms with Gasteiger partial charge in [0, 0.05) is 22.6 Å². The first-order chi connectivity index (χ1) is 8.91. The van der Waals surface area contributed by atoms with Crippen molar-refractivity contribution < 1.29 is 4.79 Å². The van der Waals surface area contributed by atoms with Crippen LogP contribution in [-0.4, -0.2) is 23.4 Å². The Morgan fingerprint density at radius 1 is 1.32 bits per heavy atom. The molecule has 3 unspecified atom stereocenters. The van der Waals surface area contributed by atoms with Gasteiger partial charge in [0.15, 0.2) is 0 Å². The van der Waals surface area contributed by atoms with Gasteiger partial charge in [0.05, 0.1) is 0 Å². The normalized spacial score (nSPS) is 27.4. The second-order valence-electron chi connectivity index (χ2n) is 5.93. The Balaban J connectivity index is 2.30. The Hall–Kier alpha value is -0.830. The molecule has 1 saturated heterocycles. The van der Waals surface area contributed by atoms with Gasteiger partial charge in [-0.1, -0.05) is 35.8 Å². The van der Waals surface area contributed by atoms with Crippen LogP contribution < -0.4 is 0 Å². The van der Waals surface area contributed by atoms with Gasteiger partial charge in [-0.2, -0.15) is 0 Å². The van der Waals surface area contributed by atoms with Crippen molar-refractivity contribution >= 4 is 21.8 Å². The number of nitrogens with zero attached hydrogens (tertiary/aromatic N) is 1. The van der Waals surface area contributed by atoms with Crippen LogP contribution >= 0.6 is 15.9 Å². The summed E-state index contributed by atoms with van der Waals surface area (Å²) in [5.74, 6) is 1.33. The largest absolute Gasteiger partial charge is 0.335 e. The Morgan fingerprint density at radius 3 is 2.68 bits per heavy atom. The highest BCUT2D eigenvalue weighted by Crippen LogP contribution is 2.29. The fourth-order valence-electron chi connectivity index (χ4n) is 2.98. The van der Waals surface area contributed by atoms with Gasteiger partial charge in [-0.3, -0.25) is 4.79 Å². The maximum absolute atomic E-state index is 12.8. The van der Waals surface area contributed by atoms with E-state index in [2.05, 4.69) is 36.7 Å². The van der Waals surface area contributed by atoms with Crippen LogP contribution in [0.3, 0.4) is 0 Å². The van der Waals surface area contributed by atoms with Crippen LogP contribution in [0.5, 0.6) is 0 Å². The Morgan fingerprint density at radius 2 is 2.00 bits per heavy atom. The molecule has 0 aliphatic carbocycles. The fourth-order valence-corrected chi connectivity index (χ4v) is 3.34. The lowest BCUT2D eigenvalue weighted by Crippen LogP contribution is -2.49. The lowest BCUT2D eigenvalue weighted by molar-refractivity contribution is 0.0455. The summed E-state index contributed by atoms with van der Waals surface area (Å²) in [5.41, 5.74) is 1.85.